The summed E-state index contributed by atoms with van der Waals surface area (Å²) in [5.41, 5.74) is 4.73. The molecule has 1 aliphatic rings. The minimum absolute atomic E-state index is 0.00649. The second kappa shape index (κ2) is 9.44. The molecule has 176 valence electrons. The zero-order valence-electron chi connectivity index (χ0n) is 20.2. The Morgan fingerprint density at radius 3 is 2.23 bits per heavy atom. The van der Waals surface area contributed by atoms with Crippen molar-refractivity contribution in [3.63, 3.8) is 0 Å². The minimum atomic E-state index is -1.97. The van der Waals surface area contributed by atoms with E-state index in [9.17, 15) is 15.1 Å². The molecule has 4 unspecified atom stereocenters. The molecule has 0 aliphatic carbocycles. The van der Waals surface area contributed by atoms with Gasteiger partial charge in [-0.3, -0.25) is 0 Å². The Balaban J connectivity index is 3.15. The highest BCUT2D eigenvalue weighted by molar-refractivity contribution is 6.74. The average Bonchev–Trinajstić information content (AvgIpc) is 2.61. The summed E-state index contributed by atoms with van der Waals surface area (Å²) in [5, 5.41) is 24.9. The molecule has 9 heteroatoms. The lowest BCUT2D eigenvalue weighted by molar-refractivity contribution is -0.105. The Kier molecular flexibility index (Phi) is 8.41. The summed E-state index contributed by atoms with van der Waals surface area (Å²) in [7, 11) is -1.97. The third-order valence-corrected chi connectivity index (χ3v) is 11.3. The molecule has 1 amide bonds. The van der Waals surface area contributed by atoms with Crippen LogP contribution in [0.15, 0.2) is 5.16 Å². The van der Waals surface area contributed by atoms with Crippen molar-refractivity contribution in [2.45, 2.75) is 104 Å². The molecule has 8 nitrogen and oxygen atoms in total. The lowest BCUT2D eigenvalue weighted by atomic mass is 9.64. The normalized spacial score (nSPS) is 26.2. The first kappa shape index (κ1) is 26.7. The molecule has 1 fully saturated rings. The molecule has 0 aromatic carbocycles. The number of hydrogen-bond donors (Lipinski definition) is 4. The summed E-state index contributed by atoms with van der Waals surface area (Å²) >= 11 is 0. The molecule has 5 N–H and O–H groups in total. The van der Waals surface area contributed by atoms with Crippen LogP contribution in [-0.4, -0.2) is 55.4 Å². The van der Waals surface area contributed by atoms with Crippen LogP contribution < -0.4 is 11.1 Å². The van der Waals surface area contributed by atoms with E-state index in [1.165, 1.54) is 0 Å². The third-order valence-electron chi connectivity index (χ3n) is 6.80. The molecule has 0 spiro atoms. The summed E-state index contributed by atoms with van der Waals surface area (Å²) in [6, 6.07) is -0.583. The number of hydrogen-bond acceptors (Lipinski definition) is 5. The van der Waals surface area contributed by atoms with Crippen molar-refractivity contribution < 1.29 is 24.3 Å². The number of carboxylic acid groups (broad SMARTS) is 1. The Labute approximate surface area is 182 Å². The summed E-state index contributed by atoms with van der Waals surface area (Å²) in [5.74, 6) is -0.00649. The van der Waals surface area contributed by atoms with Crippen LogP contribution in [0, 0.1) is 10.8 Å². The topological polar surface area (TPSA) is 126 Å². The molecule has 0 aromatic rings. The monoisotopic (exact) mass is 445 g/mol. The predicted octanol–water partition coefficient (Wildman–Crippen LogP) is 4.38. The van der Waals surface area contributed by atoms with E-state index in [-0.39, 0.29) is 29.7 Å². The molecule has 1 saturated heterocycles. The number of carbonyl (C=O) groups is 1. The Morgan fingerprint density at radius 2 is 1.90 bits per heavy atom. The van der Waals surface area contributed by atoms with Crippen LogP contribution in [0.2, 0.25) is 18.1 Å². The van der Waals surface area contributed by atoms with E-state index >= 15 is 0 Å². The predicted molar refractivity (Wildman–Crippen MR) is 122 cm³/mol. The largest absolute Gasteiger partial charge is 0.465 e. The molecule has 0 saturated carbocycles. The highest BCUT2D eigenvalue weighted by atomic mass is 28.4. The van der Waals surface area contributed by atoms with Gasteiger partial charge < -0.3 is 30.5 Å². The molecule has 1 aliphatic heterocycles. The van der Waals surface area contributed by atoms with E-state index in [4.69, 9.17) is 14.9 Å². The molecule has 0 bridgehead atoms. The maximum absolute atomic E-state index is 11.5. The number of ether oxygens (including phenoxy) is 1. The fraction of sp³-hybridized carbons (Fsp3) is 0.905. The van der Waals surface area contributed by atoms with Crippen LogP contribution >= 0.6 is 0 Å². The standard InChI is InChI=1S/C21H43N3O5Si/c1-10-14(29-30(8,9)20(5,6)7)15-11-12-21(13-28-15,17(22)24-27)16(19(2,3)4)23-18(25)26/h14-16,23,27H,10-13H2,1-9H3,(H2,22,24)(H,25,26). The van der Waals surface area contributed by atoms with Gasteiger partial charge in [0.15, 0.2) is 8.32 Å². The first-order valence-electron chi connectivity index (χ1n) is 10.8. The summed E-state index contributed by atoms with van der Waals surface area (Å²) in [6.07, 6.45) is 0.689. The molecular weight excluding hydrogens is 402 g/mol. The zero-order valence-corrected chi connectivity index (χ0v) is 21.2. The van der Waals surface area contributed by atoms with Gasteiger partial charge in [-0.2, -0.15) is 0 Å². The number of nitrogens with two attached hydrogens (primary N) is 1. The van der Waals surface area contributed by atoms with Crippen LogP contribution in [0.4, 0.5) is 4.79 Å². The maximum atomic E-state index is 11.5. The molecule has 0 aromatic heterocycles. The number of amidine groups is 1. The van der Waals surface area contributed by atoms with Gasteiger partial charge in [-0.15, -0.1) is 0 Å². The molecular formula is C21H43N3O5Si. The van der Waals surface area contributed by atoms with Gasteiger partial charge in [-0.05, 0) is 42.8 Å². The van der Waals surface area contributed by atoms with Crippen molar-refractivity contribution in [3.05, 3.63) is 0 Å². The highest BCUT2D eigenvalue weighted by Gasteiger charge is 2.53. The second-order valence-electron chi connectivity index (χ2n) is 11.1. The van der Waals surface area contributed by atoms with Crippen LogP contribution in [-0.2, 0) is 9.16 Å². The van der Waals surface area contributed by atoms with Gasteiger partial charge in [0.25, 0.3) is 0 Å². The maximum Gasteiger partial charge on any atom is 0.404 e. The quantitative estimate of drug-likeness (QED) is 0.151. The molecule has 30 heavy (non-hydrogen) atoms. The van der Waals surface area contributed by atoms with E-state index < -0.39 is 31.3 Å². The smallest absolute Gasteiger partial charge is 0.404 e. The van der Waals surface area contributed by atoms with Crippen molar-refractivity contribution >= 4 is 20.2 Å². The number of amides is 1. The van der Waals surface area contributed by atoms with Gasteiger partial charge in [0.05, 0.1) is 30.3 Å². The van der Waals surface area contributed by atoms with E-state index in [0.29, 0.717) is 12.8 Å². The lowest BCUT2D eigenvalue weighted by Crippen LogP contribution is -2.64. The first-order valence-corrected chi connectivity index (χ1v) is 13.7. The van der Waals surface area contributed by atoms with Gasteiger partial charge in [-0.25, -0.2) is 4.79 Å². The zero-order chi connectivity index (χ0) is 23.5. The van der Waals surface area contributed by atoms with E-state index in [1.807, 2.05) is 20.8 Å². The fourth-order valence-corrected chi connectivity index (χ4v) is 5.49. The SMILES string of the molecule is CCC(O[Si](C)(C)C(C)(C)C)C1CCC(/C(N)=N\O)(C(NC(=O)O)C(C)(C)C)CO1. The summed E-state index contributed by atoms with van der Waals surface area (Å²) in [4.78, 5) is 11.5. The Morgan fingerprint density at radius 1 is 1.33 bits per heavy atom. The molecule has 4 atom stereocenters. The van der Waals surface area contributed by atoms with Crippen molar-refractivity contribution in [2.24, 2.45) is 21.7 Å². The van der Waals surface area contributed by atoms with Crippen LogP contribution in [0.1, 0.15) is 67.7 Å². The van der Waals surface area contributed by atoms with Gasteiger partial charge in [0.1, 0.15) is 5.84 Å². The fourth-order valence-electron chi connectivity index (χ4n) is 4.07. The van der Waals surface area contributed by atoms with Gasteiger partial charge in [0.2, 0.25) is 0 Å². The van der Waals surface area contributed by atoms with Crippen molar-refractivity contribution in [1.82, 2.24) is 5.32 Å². The highest BCUT2D eigenvalue weighted by Crippen LogP contribution is 2.44. The van der Waals surface area contributed by atoms with Crippen molar-refractivity contribution in [1.29, 1.82) is 0 Å². The molecule has 1 heterocycles. The number of nitrogens with one attached hydrogen (secondary N) is 1. The van der Waals surface area contributed by atoms with Crippen LogP contribution in [0.25, 0.3) is 0 Å². The molecule has 1 rings (SSSR count). The number of nitrogens with zero attached hydrogens (tertiary/aromatic N) is 1. The average molecular weight is 446 g/mol. The van der Waals surface area contributed by atoms with E-state index in [1.54, 1.807) is 0 Å². The summed E-state index contributed by atoms with van der Waals surface area (Å²) in [6.45, 7) is 19.1. The van der Waals surface area contributed by atoms with E-state index in [0.717, 1.165) is 6.42 Å². The Bertz CT molecular complexity index is 617. The molecule has 0 radical (unpaired) electrons. The number of rotatable bonds is 7. The third kappa shape index (κ3) is 5.88. The number of oxime groups is 1. The van der Waals surface area contributed by atoms with Crippen molar-refractivity contribution in [2.75, 3.05) is 6.61 Å². The van der Waals surface area contributed by atoms with Crippen molar-refractivity contribution in [3.8, 4) is 0 Å². The Hall–Kier alpha value is -1.32. The first-order chi connectivity index (χ1) is 13.5. The van der Waals surface area contributed by atoms with Crippen LogP contribution in [0.3, 0.4) is 0 Å². The van der Waals surface area contributed by atoms with E-state index in [2.05, 4.69) is 51.3 Å². The minimum Gasteiger partial charge on any atom is -0.465 e. The van der Waals surface area contributed by atoms with Gasteiger partial charge in [-0.1, -0.05) is 53.6 Å². The van der Waals surface area contributed by atoms with Crippen LogP contribution in [0.5, 0.6) is 0 Å². The lowest BCUT2D eigenvalue weighted by Gasteiger charge is -2.50. The van der Waals surface area contributed by atoms with Gasteiger partial charge in [0, 0.05) is 0 Å². The summed E-state index contributed by atoms with van der Waals surface area (Å²) < 4.78 is 12.9. The van der Waals surface area contributed by atoms with Gasteiger partial charge >= 0.3 is 6.09 Å². The second-order valence-corrected chi connectivity index (χ2v) is 15.9.